The second-order valence-corrected chi connectivity index (χ2v) is 9.27. The average molecular weight is 449 g/mol. The van der Waals surface area contributed by atoms with E-state index in [1.165, 1.54) is 16.4 Å². The van der Waals surface area contributed by atoms with Crippen LogP contribution in [-0.2, 0) is 26.2 Å². The van der Waals surface area contributed by atoms with Gasteiger partial charge in [0.15, 0.2) is 0 Å². The highest BCUT2D eigenvalue weighted by atomic mass is 32.2. The quantitative estimate of drug-likeness (QED) is 0.635. The molecule has 1 atom stereocenters. The van der Waals surface area contributed by atoms with Gasteiger partial charge in [0.25, 0.3) is 0 Å². The summed E-state index contributed by atoms with van der Waals surface area (Å²) in [7, 11) is -3.80. The number of benzene rings is 1. The first-order valence-corrected chi connectivity index (χ1v) is 11.5. The van der Waals surface area contributed by atoms with Gasteiger partial charge in [0.1, 0.15) is 5.82 Å². The fourth-order valence-corrected chi connectivity index (χ4v) is 4.89. The minimum absolute atomic E-state index is 0.000227. The number of sulfonamides is 1. The van der Waals surface area contributed by atoms with Gasteiger partial charge in [-0.3, -0.25) is 14.6 Å². The summed E-state index contributed by atoms with van der Waals surface area (Å²) in [5.74, 6) is -1.49. The van der Waals surface area contributed by atoms with Crippen molar-refractivity contribution < 1.29 is 22.4 Å². The highest BCUT2D eigenvalue weighted by molar-refractivity contribution is 7.89. The predicted molar refractivity (Wildman–Crippen MR) is 112 cm³/mol. The Morgan fingerprint density at radius 2 is 1.94 bits per heavy atom. The molecule has 1 aliphatic heterocycles. The summed E-state index contributed by atoms with van der Waals surface area (Å²) < 4.78 is 39.9. The van der Waals surface area contributed by atoms with Crippen molar-refractivity contribution in [2.45, 2.75) is 30.7 Å². The number of rotatable bonds is 8. The summed E-state index contributed by atoms with van der Waals surface area (Å²) in [5, 5.41) is 5.47. The maximum Gasteiger partial charge on any atom is 0.243 e. The summed E-state index contributed by atoms with van der Waals surface area (Å²) in [4.78, 5) is 28.4. The number of pyridine rings is 1. The monoisotopic (exact) mass is 448 g/mol. The van der Waals surface area contributed by atoms with E-state index in [4.69, 9.17) is 0 Å². The summed E-state index contributed by atoms with van der Waals surface area (Å²) in [6, 6.07) is 8.27. The molecule has 2 aromatic rings. The number of hydrogen-bond donors (Lipinski definition) is 2. The fourth-order valence-electron chi connectivity index (χ4n) is 3.37. The molecule has 1 fully saturated rings. The second-order valence-electron chi connectivity index (χ2n) is 7.34. The molecule has 0 radical (unpaired) electrons. The third-order valence-electron chi connectivity index (χ3n) is 5.07. The van der Waals surface area contributed by atoms with Gasteiger partial charge in [-0.25, -0.2) is 12.8 Å². The van der Waals surface area contributed by atoms with E-state index in [1.54, 1.807) is 18.5 Å². The maximum absolute atomic E-state index is 13.1. The second kappa shape index (κ2) is 10.5. The number of hydrogen-bond acceptors (Lipinski definition) is 5. The van der Waals surface area contributed by atoms with E-state index in [0.29, 0.717) is 25.9 Å². The molecule has 2 heterocycles. The van der Waals surface area contributed by atoms with Crippen LogP contribution in [0.25, 0.3) is 0 Å². The molecule has 8 nitrogen and oxygen atoms in total. The zero-order valence-electron chi connectivity index (χ0n) is 17.0. The van der Waals surface area contributed by atoms with Gasteiger partial charge in [-0.2, -0.15) is 4.31 Å². The van der Waals surface area contributed by atoms with Crippen molar-refractivity contribution in [2.24, 2.45) is 5.92 Å². The third-order valence-corrected chi connectivity index (χ3v) is 6.95. The summed E-state index contributed by atoms with van der Waals surface area (Å²) in [5.41, 5.74) is 0.879. The molecule has 2 amide bonds. The molecule has 10 heteroatoms. The molecule has 0 saturated carbocycles. The SMILES string of the molecule is O=C(CCNC(=O)C1CCCN(S(=O)(=O)c2ccc(F)cc2)C1)NCc1cccnc1. The number of aromatic nitrogens is 1. The third kappa shape index (κ3) is 6.31. The highest BCUT2D eigenvalue weighted by Crippen LogP contribution is 2.24. The molecule has 1 aromatic heterocycles. The van der Waals surface area contributed by atoms with Crippen LogP contribution >= 0.6 is 0 Å². The van der Waals surface area contributed by atoms with Crippen molar-refractivity contribution in [3.8, 4) is 0 Å². The van der Waals surface area contributed by atoms with E-state index in [9.17, 15) is 22.4 Å². The van der Waals surface area contributed by atoms with Crippen LogP contribution in [0.3, 0.4) is 0 Å². The van der Waals surface area contributed by atoms with E-state index in [2.05, 4.69) is 15.6 Å². The summed E-state index contributed by atoms with van der Waals surface area (Å²) in [6.45, 7) is 0.886. The van der Waals surface area contributed by atoms with Crippen molar-refractivity contribution in [3.63, 3.8) is 0 Å². The van der Waals surface area contributed by atoms with Crippen LogP contribution in [0.15, 0.2) is 53.7 Å². The lowest BCUT2D eigenvalue weighted by Crippen LogP contribution is -2.45. The molecule has 0 aliphatic carbocycles. The molecule has 1 unspecified atom stereocenters. The zero-order valence-corrected chi connectivity index (χ0v) is 17.8. The van der Waals surface area contributed by atoms with Crippen LogP contribution in [0.4, 0.5) is 4.39 Å². The lowest BCUT2D eigenvalue weighted by atomic mass is 9.99. The van der Waals surface area contributed by atoms with Crippen molar-refractivity contribution in [1.82, 2.24) is 19.9 Å². The maximum atomic E-state index is 13.1. The standard InChI is InChI=1S/C21H25FN4O4S/c22-18-5-7-19(8-6-18)31(29,30)26-12-2-4-17(15-26)21(28)24-11-9-20(27)25-14-16-3-1-10-23-13-16/h1,3,5-8,10,13,17H,2,4,9,11-12,14-15H2,(H,24,28)(H,25,27). The molecule has 2 N–H and O–H groups in total. The van der Waals surface area contributed by atoms with E-state index in [1.807, 2.05) is 6.07 Å². The number of halogens is 1. The Balaban J connectivity index is 1.46. The lowest BCUT2D eigenvalue weighted by molar-refractivity contribution is -0.126. The molecule has 1 saturated heterocycles. The molecule has 31 heavy (non-hydrogen) atoms. The molecule has 1 aromatic carbocycles. The van der Waals surface area contributed by atoms with Crippen molar-refractivity contribution in [3.05, 3.63) is 60.2 Å². The van der Waals surface area contributed by atoms with Gasteiger partial charge in [-0.1, -0.05) is 6.07 Å². The highest BCUT2D eigenvalue weighted by Gasteiger charge is 2.33. The molecule has 0 spiro atoms. The van der Waals surface area contributed by atoms with Crippen LogP contribution in [0.2, 0.25) is 0 Å². The van der Waals surface area contributed by atoms with Crippen LogP contribution in [0, 0.1) is 11.7 Å². The van der Waals surface area contributed by atoms with Crippen molar-refractivity contribution in [2.75, 3.05) is 19.6 Å². The molecule has 0 bridgehead atoms. The summed E-state index contributed by atoms with van der Waals surface area (Å²) >= 11 is 0. The summed E-state index contributed by atoms with van der Waals surface area (Å²) in [6.07, 6.45) is 4.55. The van der Waals surface area contributed by atoms with E-state index in [-0.39, 0.29) is 36.2 Å². The van der Waals surface area contributed by atoms with Crippen LogP contribution in [-0.4, -0.2) is 49.2 Å². The van der Waals surface area contributed by atoms with Crippen molar-refractivity contribution >= 4 is 21.8 Å². The van der Waals surface area contributed by atoms with E-state index in [0.717, 1.165) is 17.7 Å². The average Bonchev–Trinajstić information content (AvgIpc) is 2.78. The number of nitrogens with zero attached hydrogens (tertiary/aromatic N) is 2. The lowest BCUT2D eigenvalue weighted by Gasteiger charge is -2.31. The number of piperidine rings is 1. The largest absolute Gasteiger partial charge is 0.355 e. The van der Waals surface area contributed by atoms with Gasteiger partial charge < -0.3 is 10.6 Å². The molecule has 166 valence electrons. The minimum atomic E-state index is -3.80. The normalized spacial score (nSPS) is 17.1. The van der Waals surface area contributed by atoms with Crippen molar-refractivity contribution in [1.29, 1.82) is 0 Å². The van der Waals surface area contributed by atoms with Gasteiger partial charge in [0, 0.05) is 45.0 Å². The Bertz CT molecular complexity index is 1000. The Hall–Kier alpha value is -2.85. The molecular formula is C21H25FN4O4S. The van der Waals surface area contributed by atoms with Gasteiger partial charge >= 0.3 is 0 Å². The van der Waals surface area contributed by atoms with E-state index >= 15 is 0 Å². The van der Waals surface area contributed by atoms with Crippen LogP contribution < -0.4 is 10.6 Å². The van der Waals surface area contributed by atoms with Crippen LogP contribution in [0.5, 0.6) is 0 Å². The van der Waals surface area contributed by atoms with Gasteiger partial charge in [-0.05, 0) is 48.7 Å². The Kier molecular flexibility index (Phi) is 7.69. The number of amides is 2. The number of carbonyl (C=O) groups is 2. The molecule has 3 rings (SSSR count). The Morgan fingerprint density at radius 3 is 2.65 bits per heavy atom. The Labute approximate surface area is 180 Å². The zero-order chi connectivity index (χ0) is 22.3. The minimum Gasteiger partial charge on any atom is -0.355 e. The molecule has 1 aliphatic rings. The number of carbonyl (C=O) groups excluding carboxylic acids is 2. The number of nitrogens with one attached hydrogen (secondary N) is 2. The first kappa shape index (κ1) is 22.8. The van der Waals surface area contributed by atoms with E-state index < -0.39 is 21.8 Å². The van der Waals surface area contributed by atoms with Crippen LogP contribution in [0.1, 0.15) is 24.8 Å². The Morgan fingerprint density at radius 1 is 1.16 bits per heavy atom. The first-order valence-electron chi connectivity index (χ1n) is 10.1. The topological polar surface area (TPSA) is 108 Å². The van der Waals surface area contributed by atoms with Gasteiger partial charge in [0.05, 0.1) is 10.8 Å². The first-order chi connectivity index (χ1) is 14.9. The predicted octanol–water partition coefficient (Wildman–Crippen LogP) is 1.44. The smallest absolute Gasteiger partial charge is 0.243 e. The molecular weight excluding hydrogens is 423 g/mol. The van der Waals surface area contributed by atoms with Gasteiger partial charge in [0.2, 0.25) is 21.8 Å². The van der Waals surface area contributed by atoms with Gasteiger partial charge in [-0.15, -0.1) is 0 Å². The fraction of sp³-hybridized carbons (Fsp3) is 0.381.